The van der Waals surface area contributed by atoms with Gasteiger partial charge in [-0.1, -0.05) is 13.3 Å². The molecule has 13 heavy (non-hydrogen) atoms. The highest BCUT2D eigenvalue weighted by Gasteiger charge is 2.09. The first kappa shape index (κ1) is 9.86. The van der Waals surface area contributed by atoms with E-state index in [0.717, 1.165) is 18.4 Å². The van der Waals surface area contributed by atoms with Gasteiger partial charge in [0.2, 0.25) is 0 Å². The summed E-state index contributed by atoms with van der Waals surface area (Å²) in [4.78, 5) is 0. The minimum atomic E-state index is -0.117. The number of rotatable bonds is 3. The number of hydrogen-bond donors (Lipinski definition) is 3. The fourth-order valence-corrected chi connectivity index (χ4v) is 1.34. The topological polar surface area (TPSA) is 72.3 Å². The summed E-state index contributed by atoms with van der Waals surface area (Å²) in [5.41, 5.74) is 12.8. The molecule has 0 aliphatic rings. The summed E-state index contributed by atoms with van der Waals surface area (Å²) in [6, 6.07) is 4.86. The molecule has 5 N–H and O–H groups in total. The number of nitrogens with two attached hydrogens (primary N) is 2. The molecule has 0 unspecified atom stereocenters. The SMILES string of the molecule is CCC[C@@H](N)c1cc(N)ccc1O. The Balaban J connectivity index is 2.91. The quantitative estimate of drug-likeness (QED) is 0.490. The van der Waals surface area contributed by atoms with Crippen LogP contribution in [0.3, 0.4) is 0 Å². The van der Waals surface area contributed by atoms with Gasteiger partial charge >= 0.3 is 0 Å². The molecule has 0 saturated carbocycles. The van der Waals surface area contributed by atoms with E-state index in [1.54, 1.807) is 18.2 Å². The maximum Gasteiger partial charge on any atom is 0.120 e. The van der Waals surface area contributed by atoms with Crippen LogP contribution in [0, 0.1) is 0 Å². The molecule has 0 saturated heterocycles. The van der Waals surface area contributed by atoms with Crippen LogP contribution in [0.25, 0.3) is 0 Å². The first-order valence-corrected chi connectivity index (χ1v) is 4.49. The van der Waals surface area contributed by atoms with Gasteiger partial charge in [-0.25, -0.2) is 0 Å². The van der Waals surface area contributed by atoms with Crippen molar-refractivity contribution in [2.45, 2.75) is 25.8 Å². The predicted molar refractivity (Wildman–Crippen MR) is 54.4 cm³/mol. The molecule has 0 aliphatic carbocycles. The Morgan fingerprint density at radius 3 is 2.77 bits per heavy atom. The van der Waals surface area contributed by atoms with Gasteiger partial charge in [0, 0.05) is 17.3 Å². The lowest BCUT2D eigenvalue weighted by atomic mass is 10.0. The summed E-state index contributed by atoms with van der Waals surface area (Å²) >= 11 is 0. The third kappa shape index (κ3) is 2.36. The Morgan fingerprint density at radius 2 is 2.15 bits per heavy atom. The van der Waals surface area contributed by atoms with Gasteiger partial charge in [0.1, 0.15) is 5.75 Å². The largest absolute Gasteiger partial charge is 0.508 e. The van der Waals surface area contributed by atoms with Gasteiger partial charge in [-0.2, -0.15) is 0 Å². The van der Waals surface area contributed by atoms with E-state index >= 15 is 0 Å². The van der Waals surface area contributed by atoms with E-state index in [2.05, 4.69) is 6.92 Å². The molecule has 0 heterocycles. The Hall–Kier alpha value is -1.22. The molecular formula is C10H16N2O. The second-order valence-electron chi connectivity index (χ2n) is 3.21. The van der Waals surface area contributed by atoms with Crippen LogP contribution in [-0.2, 0) is 0 Å². The fourth-order valence-electron chi connectivity index (χ4n) is 1.34. The standard InChI is InChI=1S/C10H16N2O/c1-2-3-9(12)8-6-7(11)4-5-10(8)13/h4-6,9,13H,2-3,11-12H2,1H3/t9-/m1/s1. The monoisotopic (exact) mass is 180 g/mol. The number of benzene rings is 1. The second kappa shape index (κ2) is 4.14. The smallest absolute Gasteiger partial charge is 0.120 e. The maximum atomic E-state index is 9.50. The van der Waals surface area contributed by atoms with E-state index in [4.69, 9.17) is 11.5 Å². The van der Waals surface area contributed by atoms with Gasteiger partial charge in [0.05, 0.1) is 0 Å². The average molecular weight is 180 g/mol. The Labute approximate surface area is 78.4 Å². The molecule has 0 amide bonds. The van der Waals surface area contributed by atoms with Gasteiger partial charge in [0.25, 0.3) is 0 Å². The lowest BCUT2D eigenvalue weighted by Gasteiger charge is -2.12. The lowest BCUT2D eigenvalue weighted by molar-refractivity contribution is 0.458. The molecule has 1 atom stereocenters. The molecule has 0 spiro atoms. The highest BCUT2D eigenvalue weighted by atomic mass is 16.3. The molecule has 1 rings (SSSR count). The third-order valence-electron chi connectivity index (χ3n) is 2.05. The van der Waals surface area contributed by atoms with E-state index in [1.165, 1.54) is 0 Å². The zero-order chi connectivity index (χ0) is 9.84. The summed E-state index contributed by atoms with van der Waals surface area (Å²) in [6.07, 6.45) is 1.85. The van der Waals surface area contributed by atoms with Gasteiger partial charge in [-0.15, -0.1) is 0 Å². The Morgan fingerprint density at radius 1 is 1.46 bits per heavy atom. The van der Waals surface area contributed by atoms with Crippen molar-refractivity contribution in [3.05, 3.63) is 23.8 Å². The molecule has 0 radical (unpaired) electrons. The molecule has 0 bridgehead atoms. The Bertz CT molecular complexity index is 286. The number of phenols is 1. The van der Waals surface area contributed by atoms with E-state index in [-0.39, 0.29) is 11.8 Å². The van der Waals surface area contributed by atoms with Crippen LogP contribution in [-0.4, -0.2) is 5.11 Å². The lowest BCUT2D eigenvalue weighted by Crippen LogP contribution is -2.10. The highest BCUT2D eigenvalue weighted by Crippen LogP contribution is 2.27. The zero-order valence-electron chi connectivity index (χ0n) is 7.83. The van der Waals surface area contributed by atoms with Gasteiger partial charge in [0.15, 0.2) is 0 Å². The highest BCUT2D eigenvalue weighted by molar-refractivity contribution is 5.48. The average Bonchev–Trinajstić information content (AvgIpc) is 2.09. The van der Waals surface area contributed by atoms with Crippen LogP contribution in [0.5, 0.6) is 5.75 Å². The van der Waals surface area contributed by atoms with E-state index in [1.807, 2.05) is 0 Å². The minimum absolute atomic E-state index is 0.117. The van der Waals surface area contributed by atoms with Crippen molar-refractivity contribution in [2.75, 3.05) is 5.73 Å². The van der Waals surface area contributed by atoms with Crippen LogP contribution < -0.4 is 11.5 Å². The summed E-state index contributed by atoms with van der Waals surface area (Å²) in [6.45, 7) is 2.06. The van der Waals surface area contributed by atoms with Crippen molar-refractivity contribution in [1.29, 1.82) is 0 Å². The molecule has 3 nitrogen and oxygen atoms in total. The minimum Gasteiger partial charge on any atom is -0.508 e. The molecule has 3 heteroatoms. The van der Waals surface area contributed by atoms with Crippen LogP contribution in [0.2, 0.25) is 0 Å². The molecule has 72 valence electrons. The zero-order valence-corrected chi connectivity index (χ0v) is 7.83. The number of phenolic OH excluding ortho intramolecular Hbond substituents is 1. The van der Waals surface area contributed by atoms with Crippen molar-refractivity contribution < 1.29 is 5.11 Å². The van der Waals surface area contributed by atoms with Gasteiger partial charge in [-0.05, 0) is 24.6 Å². The van der Waals surface area contributed by atoms with Gasteiger partial charge < -0.3 is 16.6 Å². The van der Waals surface area contributed by atoms with Crippen molar-refractivity contribution in [1.82, 2.24) is 0 Å². The van der Waals surface area contributed by atoms with Crippen molar-refractivity contribution in [3.63, 3.8) is 0 Å². The summed E-state index contributed by atoms with van der Waals surface area (Å²) in [5.74, 6) is 0.232. The fraction of sp³-hybridized carbons (Fsp3) is 0.400. The van der Waals surface area contributed by atoms with E-state index in [0.29, 0.717) is 5.69 Å². The first-order valence-electron chi connectivity index (χ1n) is 4.49. The molecule has 1 aromatic rings. The molecule has 0 fully saturated rings. The van der Waals surface area contributed by atoms with Gasteiger partial charge in [-0.3, -0.25) is 0 Å². The van der Waals surface area contributed by atoms with Crippen LogP contribution in [0.15, 0.2) is 18.2 Å². The van der Waals surface area contributed by atoms with Crippen LogP contribution >= 0.6 is 0 Å². The van der Waals surface area contributed by atoms with E-state index < -0.39 is 0 Å². The summed E-state index contributed by atoms with van der Waals surface area (Å²) in [7, 11) is 0. The number of nitrogen functional groups attached to an aromatic ring is 1. The van der Waals surface area contributed by atoms with E-state index in [9.17, 15) is 5.11 Å². The summed E-state index contributed by atoms with van der Waals surface area (Å²) < 4.78 is 0. The molecule has 1 aromatic carbocycles. The van der Waals surface area contributed by atoms with Crippen molar-refractivity contribution in [2.24, 2.45) is 5.73 Å². The van der Waals surface area contributed by atoms with Crippen molar-refractivity contribution in [3.8, 4) is 5.75 Å². The van der Waals surface area contributed by atoms with Crippen LogP contribution in [0.1, 0.15) is 31.4 Å². The normalized spacial score (nSPS) is 12.8. The molecular weight excluding hydrogens is 164 g/mol. The maximum absolute atomic E-state index is 9.50. The number of aromatic hydroxyl groups is 1. The second-order valence-corrected chi connectivity index (χ2v) is 3.21. The molecule has 0 aliphatic heterocycles. The van der Waals surface area contributed by atoms with Crippen molar-refractivity contribution >= 4 is 5.69 Å². The first-order chi connectivity index (χ1) is 6.15. The summed E-state index contributed by atoms with van der Waals surface area (Å²) in [5, 5.41) is 9.50. The third-order valence-corrected chi connectivity index (χ3v) is 2.05. The van der Waals surface area contributed by atoms with Crippen LogP contribution in [0.4, 0.5) is 5.69 Å². The molecule has 0 aromatic heterocycles. The number of hydrogen-bond acceptors (Lipinski definition) is 3. The Kier molecular flexibility index (Phi) is 3.14. The predicted octanol–water partition coefficient (Wildman–Crippen LogP) is 1.77. The number of anilines is 1.